The molecule has 0 saturated carbocycles. The minimum atomic E-state index is -0.277. The molecule has 0 spiro atoms. The summed E-state index contributed by atoms with van der Waals surface area (Å²) in [6.07, 6.45) is 0. The Morgan fingerprint density at radius 1 is 0.650 bits per heavy atom. The van der Waals surface area contributed by atoms with E-state index in [0.29, 0.717) is 5.69 Å². The predicted molar refractivity (Wildman–Crippen MR) is 81.7 cm³/mol. The van der Waals surface area contributed by atoms with Crippen LogP contribution in [-0.4, -0.2) is 0 Å². The van der Waals surface area contributed by atoms with Crippen LogP contribution in [-0.2, 0) is 0 Å². The summed E-state index contributed by atoms with van der Waals surface area (Å²) in [5.74, 6) is -0.277. The molecule has 3 aromatic carbocycles. The predicted octanol–water partition coefficient (Wildman–Crippen LogP) is 4.74. The number of halogens is 1. The molecule has 0 atom stereocenters. The number of hydrogen-bond acceptors (Lipinski definition) is 1. The van der Waals surface area contributed by atoms with E-state index in [9.17, 15) is 4.39 Å². The Bertz CT molecular complexity index is 718. The number of anilines is 1. The topological polar surface area (TPSA) is 26.0 Å². The standard InChI is InChI=1S/C18H14FN/c19-16-10-11-18(20)17(12-16)15-8-6-14(7-9-15)13-4-2-1-3-5-13/h1-12H,20H2. The fourth-order valence-electron chi connectivity index (χ4n) is 2.25. The summed E-state index contributed by atoms with van der Waals surface area (Å²) in [6.45, 7) is 0. The monoisotopic (exact) mass is 263 g/mol. The van der Waals surface area contributed by atoms with Crippen molar-refractivity contribution in [2.45, 2.75) is 0 Å². The number of rotatable bonds is 2. The normalized spacial score (nSPS) is 10.4. The minimum absolute atomic E-state index is 0.277. The van der Waals surface area contributed by atoms with Crippen LogP contribution in [0.3, 0.4) is 0 Å². The first-order valence-corrected chi connectivity index (χ1v) is 6.45. The van der Waals surface area contributed by atoms with Crippen LogP contribution in [0.15, 0.2) is 72.8 Å². The van der Waals surface area contributed by atoms with Crippen molar-refractivity contribution in [1.82, 2.24) is 0 Å². The highest BCUT2D eigenvalue weighted by molar-refractivity contribution is 5.78. The molecular weight excluding hydrogens is 249 g/mol. The van der Waals surface area contributed by atoms with Crippen LogP contribution < -0.4 is 5.73 Å². The van der Waals surface area contributed by atoms with Crippen LogP contribution in [0.2, 0.25) is 0 Å². The molecule has 0 aromatic heterocycles. The second-order valence-electron chi connectivity index (χ2n) is 4.67. The number of nitrogen functional groups attached to an aromatic ring is 1. The van der Waals surface area contributed by atoms with Gasteiger partial charge < -0.3 is 5.73 Å². The first-order chi connectivity index (χ1) is 9.74. The van der Waals surface area contributed by atoms with Crippen LogP contribution >= 0.6 is 0 Å². The average Bonchev–Trinajstić information content (AvgIpc) is 2.51. The molecule has 1 nitrogen and oxygen atoms in total. The Morgan fingerprint density at radius 2 is 1.25 bits per heavy atom. The van der Waals surface area contributed by atoms with Crippen LogP contribution in [0.1, 0.15) is 0 Å². The van der Waals surface area contributed by atoms with Gasteiger partial charge in [-0.2, -0.15) is 0 Å². The molecule has 0 bridgehead atoms. The van der Waals surface area contributed by atoms with Crippen molar-refractivity contribution in [3.05, 3.63) is 78.6 Å². The zero-order chi connectivity index (χ0) is 13.9. The summed E-state index contributed by atoms with van der Waals surface area (Å²) in [5, 5.41) is 0. The Kier molecular flexibility index (Phi) is 3.21. The lowest BCUT2D eigenvalue weighted by Crippen LogP contribution is -1.91. The third kappa shape index (κ3) is 2.41. The molecule has 0 aliphatic carbocycles. The molecular formula is C18H14FN. The Balaban J connectivity index is 2.00. The maximum Gasteiger partial charge on any atom is 0.123 e. The molecule has 3 aromatic rings. The number of hydrogen-bond donors (Lipinski definition) is 1. The molecule has 0 heterocycles. The third-order valence-corrected chi connectivity index (χ3v) is 3.32. The van der Waals surface area contributed by atoms with Crippen molar-refractivity contribution in [2.75, 3.05) is 5.73 Å². The minimum Gasteiger partial charge on any atom is -0.398 e. The first kappa shape index (κ1) is 12.4. The van der Waals surface area contributed by atoms with E-state index in [0.717, 1.165) is 22.3 Å². The lowest BCUT2D eigenvalue weighted by atomic mass is 9.99. The Labute approximate surface area is 117 Å². The summed E-state index contributed by atoms with van der Waals surface area (Å²) < 4.78 is 13.3. The molecule has 0 aliphatic heterocycles. The van der Waals surface area contributed by atoms with Crippen LogP contribution in [0, 0.1) is 5.82 Å². The second-order valence-corrected chi connectivity index (χ2v) is 4.67. The lowest BCUT2D eigenvalue weighted by molar-refractivity contribution is 0.628. The molecule has 0 fully saturated rings. The summed E-state index contributed by atoms with van der Waals surface area (Å²) in [4.78, 5) is 0. The van der Waals surface area contributed by atoms with Crippen molar-refractivity contribution in [3.8, 4) is 22.3 Å². The van der Waals surface area contributed by atoms with Gasteiger partial charge in [0.2, 0.25) is 0 Å². The lowest BCUT2D eigenvalue weighted by Gasteiger charge is -2.07. The summed E-state index contributed by atoms with van der Waals surface area (Å²) >= 11 is 0. The van der Waals surface area contributed by atoms with E-state index < -0.39 is 0 Å². The van der Waals surface area contributed by atoms with Crippen molar-refractivity contribution >= 4 is 5.69 Å². The van der Waals surface area contributed by atoms with Crippen molar-refractivity contribution in [3.63, 3.8) is 0 Å². The van der Waals surface area contributed by atoms with E-state index in [1.807, 2.05) is 42.5 Å². The average molecular weight is 263 g/mol. The van der Waals surface area contributed by atoms with Gasteiger partial charge in [-0.05, 0) is 34.9 Å². The molecule has 2 heteroatoms. The summed E-state index contributed by atoms with van der Waals surface area (Å²) in [6, 6.07) is 22.5. The van der Waals surface area contributed by atoms with Gasteiger partial charge in [0, 0.05) is 11.3 Å². The van der Waals surface area contributed by atoms with Gasteiger partial charge in [0.15, 0.2) is 0 Å². The van der Waals surface area contributed by atoms with Gasteiger partial charge in [-0.1, -0.05) is 54.6 Å². The van der Waals surface area contributed by atoms with Crippen molar-refractivity contribution in [1.29, 1.82) is 0 Å². The highest BCUT2D eigenvalue weighted by Gasteiger charge is 2.05. The van der Waals surface area contributed by atoms with E-state index >= 15 is 0 Å². The van der Waals surface area contributed by atoms with Gasteiger partial charge in [0.25, 0.3) is 0 Å². The molecule has 0 amide bonds. The highest BCUT2D eigenvalue weighted by atomic mass is 19.1. The van der Waals surface area contributed by atoms with Crippen LogP contribution in [0.5, 0.6) is 0 Å². The molecule has 0 radical (unpaired) electrons. The fraction of sp³-hybridized carbons (Fsp3) is 0. The van der Waals surface area contributed by atoms with Crippen LogP contribution in [0.4, 0.5) is 10.1 Å². The number of benzene rings is 3. The van der Waals surface area contributed by atoms with Gasteiger partial charge in [-0.15, -0.1) is 0 Å². The van der Waals surface area contributed by atoms with Gasteiger partial charge in [-0.3, -0.25) is 0 Å². The smallest absolute Gasteiger partial charge is 0.123 e. The molecule has 3 rings (SSSR count). The third-order valence-electron chi connectivity index (χ3n) is 3.32. The quantitative estimate of drug-likeness (QED) is 0.664. The van der Waals surface area contributed by atoms with Crippen molar-refractivity contribution < 1.29 is 4.39 Å². The Morgan fingerprint density at radius 3 is 1.95 bits per heavy atom. The van der Waals surface area contributed by atoms with Gasteiger partial charge >= 0.3 is 0 Å². The largest absolute Gasteiger partial charge is 0.398 e. The van der Waals surface area contributed by atoms with Crippen molar-refractivity contribution in [2.24, 2.45) is 0 Å². The Hall–Kier alpha value is -2.61. The fourth-order valence-corrected chi connectivity index (χ4v) is 2.25. The van der Waals surface area contributed by atoms with E-state index in [4.69, 9.17) is 5.73 Å². The molecule has 0 unspecified atom stereocenters. The second kappa shape index (κ2) is 5.17. The molecule has 2 N–H and O–H groups in total. The molecule has 98 valence electrons. The SMILES string of the molecule is Nc1ccc(F)cc1-c1ccc(-c2ccccc2)cc1. The number of nitrogens with two attached hydrogens (primary N) is 1. The molecule has 20 heavy (non-hydrogen) atoms. The van der Waals surface area contributed by atoms with Gasteiger partial charge in [0.1, 0.15) is 5.82 Å². The zero-order valence-electron chi connectivity index (χ0n) is 10.9. The summed E-state index contributed by atoms with van der Waals surface area (Å²) in [5.41, 5.74) is 10.4. The van der Waals surface area contributed by atoms with E-state index in [2.05, 4.69) is 12.1 Å². The van der Waals surface area contributed by atoms with Gasteiger partial charge in [0.05, 0.1) is 0 Å². The first-order valence-electron chi connectivity index (χ1n) is 6.45. The van der Waals surface area contributed by atoms with Gasteiger partial charge in [-0.25, -0.2) is 4.39 Å². The summed E-state index contributed by atoms with van der Waals surface area (Å²) in [7, 11) is 0. The van der Waals surface area contributed by atoms with Crippen LogP contribution in [0.25, 0.3) is 22.3 Å². The van der Waals surface area contributed by atoms with E-state index in [1.54, 1.807) is 6.07 Å². The zero-order valence-corrected chi connectivity index (χ0v) is 10.9. The highest BCUT2D eigenvalue weighted by Crippen LogP contribution is 2.29. The molecule has 0 saturated heterocycles. The maximum atomic E-state index is 13.3. The van der Waals surface area contributed by atoms with E-state index in [1.165, 1.54) is 12.1 Å². The molecule has 0 aliphatic rings. The maximum absolute atomic E-state index is 13.3. The van der Waals surface area contributed by atoms with E-state index in [-0.39, 0.29) is 5.82 Å².